The van der Waals surface area contributed by atoms with E-state index in [1.807, 2.05) is 0 Å². The maximum Gasteiger partial charge on any atom is 0.133 e. The van der Waals surface area contributed by atoms with Gasteiger partial charge in [0.05, 0.1) is 25.0 Å². The molecule has 0 amide bonds. The molecule has 0 aliphatic carbocycles. The molecule has 1 aromatic carbocycles. The van der Waals surface area contributed by atoms with Crippen molar-refractivity contribution < 1.29 is 19.0 Å². The van der Waals surface area contributed by atoms with E-state index in [1.54, 1.807) is 45.6 Å². The summed E-state index contributed by atoms with van der Waals surface area (Å²) in [6.45, 7) is 1.81. The first kappa shape index (κ1) is 14.0. The van der Waals surface area contributed by atoms with E-state index in [4.69, 9.17) is 13.9 Å². The minimum Gasteiger partial charge on any atom is -0.496 e. The van der Waals surface area contributed by atoms with E-state index in [9.17, 15) is 5.11 Å². The highest BCUT2D eigenvalue weighted by Gasteiger charge is 2.21. The lowest BCUT2D eigenvalue weighted by Gasteiger charge is -2.16. The van der Waals surface area contributed by atoms with Crippen LogP contribution in [-0.4, -0.2) is 19.3 Å². The molecule has 1 N–H and O–H groups in total. The van der Waals surface area contributed by atoms with Gasteiger partial charge in [-0.25, -0.2) is 0 Å². The van der Waals surface area contributed by atoms with Gasteiger partial charge >= 0.3 is 0 Å². The molecule has 0 saturated carbocycles. The lowest BCUT2D eigenvalue weighted by atomic mass is 10.0. The van der Waals surface area contributed by atoms with Crippen LogP contribution in [0.15, 0.2) is 33.4 Å². The molecule has 2 rings (SSSR count). The molecule has 19 heavy (non-hydrogen) atoms. The number of hydrogen-bond donors (Lipinski definition) is 1. The fraction of sp³-hybridized carbons (Fsp3) is 0.286. The van der Waals surface area contributed by atoms with Crippen LogP contribution in [0.25, 0.3) is 0 Å². The number of halogens is 1. The molecular weight excluding hydrogens is 312 g/mol. The average molecular weight is 327 g/mol. The van der Waals surface area contributed by atoms with Crippen LogP contribution < -0.4 is 9.47 Å². The van der Waals surface area contributed by atoms with Crippen LogP contribution in [-0.2, 0) is 0 Å². The van der Waals surface area contributed by atoms with Gasteiger partial charge in [0.1, 0.15) is 23.4 Å². The number of aliphatic hydroxyl groups excluding tert-OH is 1. The van der Waals surface area contributed by atoms with E-state index in [-0.39, 0.29) is 0 Å². The smallest absolute Gasteiger partial charge is 0.133 e. The van der Waals surface area contributed by atoms with Crippen molar-refractivity contribution in [3.05, 3.63) is 45.8 Å². The van der Waals surface area contributed by atoms with Crippen LogP contribution in [0.1, 0.15) is 23.0 Å². The number of aryl methyl sites for hydroxylation is 1. The number of ether oxygens (including phenoxy) is 2. The molecular formula is C14H15BrO4. The predicted molar refractivity (Wildman–Crippen MR) is 74.8 cm³/mol. The van der Waals surface area contributed by atoms with Gasteiger partial charge in [-0.1, -0.05) is 0 Å². The first-order valence-electron chi connectivity index (χ1n) is 5.72. The Morgan fingerprint density at radius 2 is 1.84 bits per heavy atom. The average Bonchev–Trinajstić information content (AvgIpc) is 2.83. The summed E-state index contributed by atoms with van der Waals surface area (Å²) in [5, 5.41) is 10.5. The normalized spacial score (nSPS) is 12.3. The van der Waals surface area contributed by atoms with Gasteiger partial charge in [-0.05, 0) is 41.1 Å². The Hall–Kier alpha value is -1.46. The predicted octanol–water partition coefficient (Wildman–Crippen LogP) is 3.45. The molecule has 0 radical (unpaired) electrons. The molecule has 0 bridgehead atoms. The third-order valence-electron chi connectivity index (χ3n) is 2.99. The summed E-state index contributed by atoms with van der Waals surface area (Å²) in [7, 11) is 3.14. The third kappa shape index (κ3) is 2.62. The molecule has 1 atom stereocenters. The van der Waals surface area contributed by atoms with E-state index < -0.39 is 6.10 Å². The van der Waals surface area contributed by atoms with Crippen molar-refractivity contribution in [3.63, 3.8) is 0 Å². The Morgan fingerprint density at radius 1 is 1.16 bits per heavy atom. The molecule has 0 spiro atoms. The van der Waals surface area contributed by atoms with Crippen LogP contribution in [0.5, 0.6) is 11.5 Å². The molecule has 1 aromatic heterocycles. The van der Waals surface area contributed by atoms with Crippen LogP contribution in [0.3, 0.4) is 0 Å². The van der Waals surface area contributed by atoms with Crippen molar-refractivity contribution in [1.29, 1.82) is 0 Å². The lowest BCUT2D eigenvalue weighted by Crippen LogP contribution is -2.03. The number of hydrogen-bond acceptors (Lipinski definition) is 4. The first-order valence-corrected chi connectivity index (χ1v) is 6.51. The van der Waals surface area contributed by atoms with Gasteiger partial charge in [-0.15, -0.1) is 0 Å². The second kappa shape index (κ2) is 5.67. The summed E-state index contributed by atoms with van der Waals surface area (Å²) in [5.74, 6) is 1.90. The fourth-order valence-corrected chi connectivity index (χ4v) is 2.43. The third-order valence-corrected chi connectivity index (χ3v) is 3.61. The van der Waals surface area contributed by atoms with Crippen molar-refractivity contribution in [2.45, 2.75) is 13.0 Å². The van der Waals surface area contributed by atoms with Crippen LogP contribution in [0.4, 0.5) is 0 Å². The van der Waals surface area contributed by atoms with Crippen molar-refractivity contribution >= 4 is 15.9 Å². The van der Waals surface area contributed by atoms with Crippen molar-refractivity contribution in [3.8, 4) is 11.5 Å². The minimum absolute atomic E-state index is 0.584. The Morgan fingerprint density at radius 3 is 2.37 bits per heavy atom. The molecule has 2 aromatic rings. The highest BCUT2D eigenvalue weighted by molar-refractivity contribution is 9.10. The quantitative estimate of drug-likeness (QED) is 0.934. The molecule has 5 heteroatoms. The van der Waals surface area contributed by atoms with Gasteiger partial charge in [0.15, 0.2) is 0 Å². The van der Waals surface area contributed by atoms with Crippen molar-refractivity contribution in [1.82, 2.24) is 0 Å². The standard InChI is InChI=1S/C14H15BrO4/c1-8-9(4-5-19-8)14(16)10-6-13(18-3)11(15)7-12(10)17-2/h4-7,14,16H,1-3H3. The summed E-state index contributed by atoms with van der Waals surface area (Å²) in [4.78, 5) is 0. The number of rotatable bonds is 4. The largest absolute Gasteiger partial charge is 0.496 e. The summed E-state index contributed by atoms with van der Waals surface area (Å²) in [6.07, 6.45) is 0.729. The number of furan rings is 1. The second-order valence-electron chi connectivity index (χ2n) is 4.06. The summed E-state index contributed by atoms with van der Waals surface area (Å²) in [5.41, 5.74) is 1.34. The van der Waals surface area contributed by atoms with Gasteiger partial charge in [0.25, 0.3) is 0 Å². The molecule has 1 heterocycles. The lowest BCUT2D eigenvalue weighted by molar-refractivity contribution is 0.212. The Kier molecular flexibility index (Phi) is 4.17. The summed E-state index contributed by atoms with van der Waals surface area (Å²) >= 11 is 3.39. The van der Waals surface area contributed by atoms with Gasteiger partial charge in [0.2, 0.25) is 0 Å². The van der Waals surface area contributed by atoms with Gasteiger partial charge in [-0.3, -0.25) is 0 Å². The van der Waals surface area contributed by atoms with Crippen LogP contribution >= 0.6 is 15.9 Å². The first-order chi connectivity index (χ1) is 9.08. The molecule has 0 fully saturated rings. The van der Waals surface area contributed by atoms with Gasteiger partial charge < -0.3 is 19.0 Å². The van der Waals surface area contributed by atoms with E-state index in [0.717, 1.165) is 4.47 Å². The van der Waals surface area contributed by atoms with E-state index >= 15 is 0 Å². The topological polar surface area (TPSA) is 51.8 Å². The number of methoxy groups -OCH3 is 2. The maximum atomic E-state index is 10.5. The highest BCUT2D eigenvalue weighted by Crippen LogP contribution is 2.38. The molecule has 0 saturated heterocycles. The molecule has 0 aliphatic rings. The Labute approximate surface area is 120 Å². The Balaban J connectivity index is 2.51. The fourth-order valence-electron chi connectivity index (χ4n) is 1.94. The van der Waals surface area contributed by atoms with Crippen molar-refractivity contribution in [2.75, 3.05) is 14.2 Å². The minimum atomic E-state index is -0.823. The summed E-state index contributed by atoms with van der Waals surface area (Å²) < 4.78 is 16.5. The zero-order valence-electron chi connectivity index (χ0n) is 10.9. The SMILES string of the molecule is COc1cc(C(O)c2ccoc2C)c(OC)cc1Br. The van der Waals surface area contributed by atoms with Gasteiger partial charge in [0, 0.05) is 11.1 Å². The van der Waals surface area contributed by atoms with E-state index in [1.165, 1.54) is 0 Å². The second-order valence-corrected chi connectivity index (χ2v) is 4.92. The number of benzene rings is 1. The summed E-state index contributed by atoms with van der Waals surface area (Å²) in [6, 6.07) is 5.26. The Bertz CT molecular complexity index is 577. The van der Waals surface area contributed by atoms with Crippen molar-refractivity contribution in [2.24, 2.45) is 0 Å². The zero-order valence-corrected chi connectivity index (χ0v) is 12.5. The highest BCUT2D eigenvalue weighted by atomic mass is 79.9. The molecule has 1 unspecified atom stereocenters. The number of aliphatic hydroxyl groups is 1. The molecule has 102 valence electrons. The zero-order chi connectivity index (χ0) is 14.0. The van der Waals surface area contributed by atoms with E-state index in [0.29, 0.717) is 28.4 Å². The van der Waals surface area contributed by atoms with Crippen LogP contribution in [0, 0.1) is 6.92 Å². The maximum absolute atomic E-state index is 10.5. The molecule has 4 nitrogen and oxygen atoms in total. The monoisotopic (exact) mass is 326 g/mol. The van der Waals surface area contributed by atoms with Crippen LogP contribution in [0.2, 0.25) is 0 Å². The van der Waals surface area contributed by atoms with Gasteiger partial charge in [-0.2, -0.15) is 0 Å². The van der Waals surface area contributed by atoms with E-state index in [2.05, 4.69) is 15.9 Å². The molecule has 0 aliphatic heterocycles.